The number of fused-ring (bicyclic) bond motifs is 1. The first-order chi connectivity index (χ1) is 4.86. The maximum atomic E-state index is 2.32. The second-order valence-corrected chi connectivity index (χ2v) is 2.94. The van der Waals surface area contributed by atoms with Gasteiger partial charge < -0.3 is 0 Å². The molecule has 1 aliphatic heterocycles. The summed E-state index contributed by atoms with van der Waals surface area (Å²) in [6.45, 7) is 2.24. The van der Waals surface area contributed by atoms with Crippen LogP contribution in [0.3, 0.4) is 0 Å². The summed E-state index contributed by atoms with van der Waals surface area (Å²) in [5, 5.41) is 0. The van der Waals surface area contributed by atoms with Gasteiger partial charge in [0.15, 0.2) is 0 Å². The zero-order valence-electron chi connectivity index (χ0n) is 6.17. The van der Waals surface area contributed by atoms with Crippen molar-refractivity contribution in [2.24, 2.45) is 0 Å². The van der Waals surface area contributed by atoms with Crippen LogP contribution in [0.1, 0.15) is 27.4 Å². The van der Waals surface area contributed by atoms with Crippen LogP contribution in [0, 0.1) is 0 Å². The lowest BCUT2D eigenvalue weighted by molar-refractivity contribution is 0.353. The SMILES string of the molecule is C.C.CN1Cc2ccccc2C1.[HH]. The molecule has 1 aromatic carbocycles. The molecule has 0 spiro atoms. The standard InChI is InChI=1S/C9H11N.2CH4.H2/c1-10-6-8-4-2-3-5-9(8)7-10;;;/h2-5H,6-7H2,1H3;2*1H4;1H. The molecule has 0 aromatic heterocycles. The molecule has 12 heavy (non-hydrogen) atoms. The lowest BCUT2D eigenvalue weighted by atomic mass is 10.1. The summed E-state index contributed by atoms with van der Waals surface area (Å²) in [5.41, 5.74) is 2.98. The molecular formula is C11H21N. The number of rotatable bonds is 0. The first-order valence-electron chi connectivity index (χ1n) is 3.61. The molecule has 0 unspecified atom stereocenters. The fourth-order valence-electron chi connectivity index (χ4n) is 1.50. The third-order valence-corrected chi connectivity index (χ3v) is 2.00. The molecule has 1 heteroatoms. The molecule has 0 bridgehead atoms. The van der Waals surface area contributed by atoms with Gasteiger partial charge in [-0.2, -0.15) is 0 Å². The summed E-state index contributed by atoms with van der Waals surface area (Å²) in [6, 6.07) is 8.63. The van der Waals surface area contributed by atoms with E-state index in [9.17, 15) is 0 Å². The third kappa shape index (κ3) is 1.86. The predicted molar refractivity (Wildman–Crippen MR) is 57.2 cm³/mol. The van der Waals surface area contributed by atoms with Crippen LogP contribution in [0.15, 0.2) is 24.3 Å². The van der Waals surface area contributed by atoms with Crippen LogP contribution < -0.4 is 0 Å². The molecule has 0 radical (unpaired) electrons. The maximum absolute atomic E-state index is 2.32. The normalized spacial score (nSPS) is 14.4. The van der Waals surface area contributed by atoms with Gasteiger partial charge in [0, 0.05) is 14.5 Å². The minimum atomic E-state index is 0. The van der Waals surface area contributed by atoms with Crippen molar-refractivity contribution in [2.75, 3.05) is 7.05 Å². The summed E-state index contributed by atoms with van der Waals surface area (Å²) in [4.78, 5) is 2.32. The molecule has 1 aromatic rings. The van der Waals surface area contributed by atoms with E-state index in [-0.39, 0.29) is 16.3 Å². The van der Waals surface area contributed by atoms with Gasteiger partial charge in [0.1, 0.15) is 0 Å². The Kier molecular flexibility index (Phi) is 3.98. The molecule has 0 aliphatic carbocycles. The molecule has 70 valence electrons. The Morgan fingerprint density at radius 1 is 1.08 bits per heavy atom. The van der Waals surface area contributed by atoms with Crippen LogP contribution in [0.5, 0.6) is 0 Å². The fourth-order valence-corrected chi connectivity index (χ4v) is 1.50. The second-order valence-electron chi connectivity index (χ2n) is 2.94. The Hall–Kier alpha value is -0.820. The quantitative estimate of drug-likeness (QED) is 0.573. The monoisotopic (exact) mass is 167 g/mol. The zero-order chi connectivity index (χ0) is 6.97. The lowest BCUT2D eigenvalue weighted by Crippen LogP contribution is -2.07. The van der Waals surface area contributed by atoms with Gasteiger partial charge in [-0.05, 0) is 18.2 Å². The molecule has 0 N–H and O–H groups in total. The minimum Gasteiger partial charge on any atom is -0.298 e. The molecule has 0 fully saturated rings. The van der Waals surface area contributed by atoms with Crippen LogP contribution in [0.4, 0.5) is 0 Å². The smallest absolute Gasteiger partial charge is 0.0237 e. The summed E-state index contributed by atoms with van der Waals surface area (Å²) >= 11 is 0. The molecule has 0 atom stereocenters. The van der Waals surface area contributed by atoms with Gasteiger partial charge in [0.2, 0.25) is 0 Å². The van der Waals surface area contributed by atoms with Gasteiger partial charge in [0.05, 0.1) is 0 Å². The largest absolute Gasteiger partial charge is 0.298 e. The number of nitrogens with zero attached hydrogens (tertiary/aromatic N) is 1. The number of benzene rings is 1. The van der Waals surface area contributed by atoms with E-state index < -0.39 is 0 Å². The zero-order valence-corrected chi connectivity index (χ0v) is 6.17. The van der Waals surface area contributed by atoms with Crippen molar-refractivity contribution >= 4 is 0 Å². The molecule has 0 saturated heterocycles. The third-order valence-electron chi connectivity index (χ3n) is 2.00. The van der Waals surface area contributed by atoms with E-state index in [1.165, 1.54) is 11.1 Å². The van der Waals surface area contributed by atoms with Gasteiger partial charge in [-0.3, -0.25) is 4.90 Å². The second kappa shape index (κ2) is 4.27. The van der Waals surface area contributed by atoms with Crippen LogP contribution in [-0.4, -0.2) is 11.9 Å². The summed E-state index contributed by atoms with van der Waals surface area (Å²) in [6.07, 6.45) is 0. The Morgan fingerprint density at radius 3 is 1.92 bits per heavy atom. The van der Waals surface area contributed by atoms with Gasteiger partial charge in [0.25, 0.3) is 0 Å². The van der Waals surface area contributed by atoms with E-state index in [0.717, 1.165) is 13.1 Å². The average Bonchev–Trinajstić information content (AvgIpc) is 2.27. The van der Waals surface area contributed by atoms with Crippen molar-refractivity contribution in [1.82, 2.24) is 4.90 Å². The van der Waals surface area contributed by atoms with Crippen molar-refractivity contribution in [3.8, 4) is 0 Å². The highest BCUT2D eigenvalue weighted by Gasteiger charge is 2.12. The Labute approximate surface area is 77.5 Å². The Morgan fingerprint density at radius 2 is 1.50 bits per heavy atom. The molecule has 0 saturated carbocycles. The number of hydrogen-bond donors (Lipinski definition) is 0. The van der Waals surface area contributed by atoms with E-state index in [1.54, 1.807) is 0 Å². The van der Waals surface area contributed by atoms with Crippen molar-refractivity contribution in [3.63, 3.8) is 0 Å². The predicted octanol–water partition coefficient (Wildman–Crippen LogP) is 3.15. The average molecular weight is 167 g/mol. The topological polar surface area (TPSA) is 3.24 Å². The first kappa shape index (κ1) is 11.2. The van der Waals surface area contributed by atoms with E-state index >= 15 is 0 Å². The molecule has 1 nitrogen and oxygen atoms in total. The van der Waals surface area contributed by atoms with Gasteiger partial charge in [-0.25, -0.2) is 0 Å². The molecule has 1 heterocycles. The van der Waals surface area contributed by atoms with Crippen molar-refractivity contribution < 1.29 is 1.43 Å². The van der Waals surface area contributed by atoms with Crippen molar-refractivity contribution in [1.29, 1.82) is 0 Å². The van der Waals surface area contributed by atoms with Crippen molar-refractivity contribution in [3.05, 3.63) is 35.4 Å². The van der Waals surface area contributed by atoms with E-state index in [2.05, 4.69) is 36.2 Å². The van der Waals surface area contributed by atoms with Crippen LogP contribution >= 0.6 is 0 Å². The fraction of sp³-hybridized carbons (Fsp3) is 0.455. The van der Waals surface area contributed by atoms with E-state index in [1.807, 2.05) is 0 Å². The minimum absolute atomic E-state index is 0. The highest BCUT2D eigenvalue weighted by molar-refractivity contribution is 5.29. The van der Waals surface area contributed by atoms with E-state index in [0.29, 0.717) is 0 Å². The first-order valence-corrected chi connectivity index (χ1v) is 3.61. The van der Waals surface area contributed by atoms with Gasteiger partial charge >= 0.3 is 0 Å². The molecule has 1 aliphatic rings. The summed E-state index contributed by atoms with van der Waals surface area (Å²) in [7, 11) is 2.15. The van der Waals surface area contributed by atoms with E-state index in [4.69, 9.17) is 0 Å². The Bertz CT molecular complexity index is 223. The Balaban J connectivity index is 0. The maximum Gasteiger partial charge on any atom is 0.0237 e. The summed E-state index contributed by atoms with van der Waals surface area (Å²) in [5.74, 6) is 0. The van der Waals surface area contributed by atoms with Crippen LogP contribution in [0.25, 0.3) is 0 Å². The molecule has 2 rings (SSSR count). The highest BCUT2D eigenvalue weighted by Crippen LogP contribution is 2.19. The highest BCUT2D eigenvalue weighted by atomic mass is 15.1. The van der Waals surface area contributed by atoms with Crippen LogP contribution in [0.2, 0.25) is 0 Å². The summed E-state index contributed by atoms with van der Waals surface area (Å²) < 4.78 is 0. The lowest BCUT2D eigenvalue weighted by Gasteiger charge is -2.02. The van der Waals surface area contributed by atoms with Crippen molar-refractivity contribution in [2.45, 2.75) is 27.9 Å². The number of hydrogen-bond acceptors (Lipinski definition) is 1. The van der Waals surface area contributed by atoms with Gasteiger partial charge in [-0.15, -0.1) is 0 Å². The van der Waals surface area contributed by atoms with Gasteiger partial charge in [-0.1, -0.05) is 39.1 Å². The molecule has 0 amide bonds. The van der Waals surface area contributed by atoms with Crippen LogP contribution in [-0.2, 0) is 13.1 Å². The molecular weight excluding hydrogens is 146 g/mol.